The third-order valence-electron chi connectivity index (χ3n) is 2.87. The number of benzene rings is 1. The summed E-state index contributed by atoms with van der Waals surface area (Å²) in [6.45, 7) is 3.14. The summed E-state index contributed by atoms with van der Waals surface area (Å²) in [4.78, 5) is 14.7. The molecule has 0 saturated heterocycles. The van der Waals surface area contributed by atoms with Crippen LogP contribution >= 0.6 is 11.8 Å². The van der Waals surface area contributed by atoms with Gasteiger partial charge >= 0.3 is 0 Å². The number of fused-ring (bicyclic) bond motifs is 1. The molecule has 18 heavy (non-hydrogen) atoms. The highest BCUT2D eigenvalue weighted by molar-refractivity contribution is 7.99. The molecular weight excluding hydrogens is 250 g/mol. The van der Waals surface area contributed by atoms with E-state index in [9.17, 15) is 10.1 Å². The molecule has 1 atom stereocenters. The van der Waals surface area contributed by atoms with Crippen LogP contribution in [0.25, 0.3) is 11.3 Å². The average molecular weight is 261 g/mol. The second-order valence-electron chi connectivity index (χ2n) is 4.29. The van der Waals surface area contributed by atoms with Crippen molar-refractivity contribution in [2.75, 3.05) is 0 Å². The van der Waals surface area contributed by atoms with Crippen molar-refractivity contribution in [3.63, 3.8) is 0 Å². The number of nitro groups is 1. The van der Waals surface area contributed by atoms with Gasteiger partial charge in [-0.15, -0.1) is 0 Å². The fraction of sp³-hybridized carbons (Fsp3) is 0.250. The summed E-state index contributed by atoms with van der Waals surface area (Å²) >= 11 is 1.76. The number of aromatic nitrogens is 2. The molecule has 92 valence electrons. The van der Waals surface area contributed by atoms with Gasteiger partial charge in [0, 0.05) is 35.7 Å². The molecule has 0 radical (unpaired) electrons. The third-order valence-corrected chi connectivity index (χ3v) is 3.96. The molecule has 3 rings (SSSR count). The predicted molar refractivity (Wildman–Crippen MR) is 69.6 cm³/mol. The van der Waals surface area contributed by atoms with Gasteiger partial charge in [-0.1, -0.05) is 18.7 Å². The molecule has 0 N–H and O–H groups in total. The molecule has 1 aliphatic heterocycles. The van der Waals surface area contributed by atoms with Crippen LogP contribution in [-0.2, 0) is 6.54 Å². The van der Waals surface area contributed by atoms with E-state index in [1.807, 2.05) is 6.20 Å². The van der Waals surface area contributed by atoms with Gasteiger partial charge < -0.3 is 4.57 Å². The van der Waals surface area contributed by atoms with Crippen molar-refractivity contribution < 1.29 is 4.92 Å². The van der Waals surface area contributed by atoms with E-state index in [1.165, 1.54) is 12.1 Å². The van der Waals surface area contributed by atoms with Gasteiger partial charge in [0.25, 0.3) is 5.69 Å². The summed E-state index contributed by atoms with van der Waals surface area (Å²) in [6.07, 6.45) is 2.01. The summed E-state index contributed by atoms with van der Waals surface area (Å²) in [5.74, 6) is 0. The van der Waals surface area contributed by atoms with Gasteiger partial charge in [0.1, 0.15) is 0 Å². The van der Waals surface area contributed by atoms with Gasteiger partial charge in [0.15, 0.2) is 5.16 Å². The molecule has 5 nitrogen and oxygen atoms in total. The Hall–Kier alpha value is -1.82. The van der Waals surface area contributed by atoms with Gasteiger partial charge in [0.2, 0.25) is 0 Å². The van der Waals surface area contributed by atoms with Crippen molar-refractivity contribution in [3.8, 4) is 11.3 Å². The molecule has 2 heterocycles. The zero-order valence-corrected chi connectivity index (χ0v) is 10.6. The quantitative estimate of drug-likeness (QED) is 0.616. The van der Waals surface area contributed by atoms with Crippen LogP contribution in [0.4, 0.5) is 5.69 Å². The largest absolute Gasteiger partial charge is 0.324 e. The monoisotopic (exact) mass is 261 g/mol. The molecule has 0 aliphatic carbocycles. The molecule has 0 amide bonds. The van der Waals surface area contributed by atoms with Crippen LogP contribution in [0.15, 0.2) is 35.6 Å². The lowest BCUT2D eigenvalue weighted by Gasteiger charge is -1.99. The summed E-state index contributed by atoms with van der Waals surface area (Å²) in [6, 6.07) is 6.50. The van der Waals surface area contributed by atoms with Crippen molar-refractivity contribution in [2.24, 2.45) is 0 Å². The van der Waals surface area contributed by atoms with Crippen LogP contribution in [0.1, 0.15) is 6.92 Å². The van der Waals surface area contributed by atoms with Crippen molar-refractivity contribution in [2.45, 2.75) is 23.9 Å². The maximum absolute atomic E-state index is 10.6. The van der Waals surface area contributed by atoms with Crippen LogP contribution in [0, 0.1) is 10.1 Å². The minimum absolute atomic E-state index is 0.105. The van der Waals surface area contributed by atoms with Crippen LogP contribution in [0.3, 0.4) is 0 Å². The highest BCUT2D eigenvalue weighted by atomic mass is 32.2. The predicted octanol–water partition coefficient (Wildman–Crippen LogP) is 2.95. The molecule has 0 spiro atoms. The van der Waals surface area contributed by atoms with Gasteiger partial charge in [-0.05, 0) is 12.1 Å². The fourth-order valence-electron chi connectivity index (χ4n) is 2.01. The first-order valence-corrected chi connectivity index (χ1v) is 6.50. The van der Waals surface area contributed by atoms with Crippen LogP contribution in [-0.4, -0.2) is 19.7 Å². The molecule has 0 saturated carbocycles. The lowest BCUT2D eigenvalue weighted by molar-refractivity contribution is -0.384. The molecule has 1 aromatic carbocycles. The number of nitro benzene ring substituents is 1. The van der Waals surface area contributed by atoms with E-state index in [2.05, 4.69) is 16.5 Å². The average Bonchev–Trinajstić information content (AvgIpc) is 2.86. The van der Waals surface area contributed by atoms with Gasteiger partial charge in [-0.2, -0.15) is 0 Å². The molecule has 1 aromatic heterocycles. The van der Waals surface area contributed by atoms with Crippen molar-refractivity contribution in [1.29, 1.82) is 0 Å². The molecule has 0 fully saturated rings. The van der Waals surface area contributed by atoms with E-state index in [0.29, 0.717) is 5.25 Å². The Bertz CT molecular complexity index is 583. The second-order valence-corrected chi connectivity index (χ2v) is 5.70. The maximum atomic E-state index is 10.6. The number of nitrogens with zero attached hydrogens (tertiary/aromatic N) is 3. The van der Waals surface area contributed by atoms with Gasteiger partial charge in [-0.25, -0.2) is 4.98 Å². The van der Waals surface area contributed by atoms with E-state index in [4.69, 9.17) is 0 Å². The van der Waals surface area contributed by atoms with E-state index in [1.54, 1.807) is 23.9 Å². The number of hydrogen-bond acceptors (Lipinski definition) is 4. The lowest BCUT2D eigenvalue weighted by atomic mass is 10.1. The number of rotatable bonds is 2. The van der Waals surface area contributed by atoms with Crippen molar-refractivity contribution in [3.05, 3.63) is 40.6 Å². The topological polar surface area (TPSA) is 61.0 Å². The Morgan fingerprint density at radius 3 is 2.78 bits per heavy atom. The molecule has 1 aliphatic rings. The van der Waals surface area contributed by atoms with Crippen molar-refractivity contribution >= 4 is 17.4 Å². The minimum atomic E-state index is -0.394. The Kier molecular flexibility index (Phi) is 2.59. The Labute approximate surface area is 108 Å². The smallest absolute Gasteiger partial charge is 0.269 e. The molecule has 0 unspecified atom stereocenters. The lowest BCUT2D eigenvalue weighted by Crippen LogP contribution is -1.98. The maximum Gasteiger partial charge on any atom is 0.269 e. The van der Waals surface area contributed by atoms with E-state index >= 15 is 0 Å². The second kappa shape index (κ2) is 4.13. The minimum Gasteiger partial charge on any atom is -0.324 e. The first-order chi connectivity index (χ1) is 8.63. The number of hydrogen-bond donors (Lipinski definition) is 0. The first-order valence-electron chi connectivity index (χ1n) is 5.62. The summed E-state index contributed by atoms with van der Waals surface area (Å²) in [5.41, 5.74) is 1.89. The number of thioether (sulfide) groups is 1. The highest BCUT2D eigenvalue weighted by Gasteiger charge is 2.21. The Morgan fingerprint density at radius 2 is 2.17 bits per heavy atom. The summed E-state index contributed by atoms with van der Waals surface area (Å²) < 4.78 is 2.13. The zero-order valence-electron chi connectivity index (χ0n) is 9.74. The number of imidazole rings is 1. The Balaban J connectivity index is 1.91. The normalized spacial score (nSPS) is 17.7. The van der Waals surface area contributed by atoms with Crippen LogP contribution < -0.4 is 0 Å². The van der Waals surface area contributed by atoms with E-state index < -0.39 is 4.92 Å². The third kappa shape index (κ3) is 1.88. The summed E-state index contributed by atoms with van der Waals surface area (Å²) in [7, 11) is 0. The first kappa shape index (κ1) is 11.3. The van der Waals surface area contributed by atoms with E-state index in [0.717, 1.165) is 23.0 Å². The molecular formula is C12H11N3O2S. The van der Waals surface area contributed by atoms with E-state index in [-0.39, 0.29) is 5.69 Å². The number of non-ortho nitro benzene ring substituents is 1. The Morgan fingerprint density at radius 1 is 1.44 bits per heavy atom. The summed E-state index contributed by atoms with van der Waals surface area (Å²) in [5, 5.41) is 12.2. The van der Waals surface area contributed by atoms with Crippen LogP contribution in [0.5, 0.6) is 0 Å². The van der Waals surface area contributed by atoms with Gasteiger partial charge in [-0.3, -0.25) is 10.1 Å². The van der Waals surface area contributed by atoms with Gasteiger partial charge in [0.05, 0.1) is 10.6 Å². The zero-order chi connectivity index (χ0) is 12.7. The van der Waals surface area contributed by atoms with Crippen LogP contribution in [0.2, 0.25) is 0 Å². The molecule has 2 aromatic rings. The standard InChI is InChI=1S/C12H11N3O2S/c1-8-6-14-7-11(13-12(14)18-8)9-2-4-10(5-3-9)15(16)17/h2-5,7-8H,6H2,1H3/t8-/m0/s1. The SMILES string of the molecule is C[C@H]1Cn2cc(-c3ccc([N+](=O)[O-])cc3)nc2S1. The van der Waals surface area contributed by atoms with Crippen molar-refractivity contribution in [1.82, 2.24) is 9.55 Å². The molecule has 6 heteroatoms. The fourth-order valence-corrected chi connectivity index (χ4v) is 3.02. The molecule has 0 bridgehead atoms. The highest BCUT2D eigenvalue weighted by Crippen LogP contribution is 2.33.